The Hall–Kier alpha value is -1.19. The quantitative estimate of drug-likeness (QED) is 0.760. The van der Waals surface area contributed by atoms with Gasteiger partial charge in [-0.3, -0.25) is 0 Å². The zero-order valence-electron chi connectivity index (χ0n) is 12.2. The van der Waals surface area contributed by atoms with E-state index >= 15 is 0 Å². The fourth-order valence-electron chi connectivity index (χ4n) is 2.70. The highest BCUT2D eigenvalue weighted by molar-refractivity contribution is 7.07. The van der Waals surface area contributed by atoms with Crippen LogP contribution in [0.5, 0.6) is 0 Å². The first-order chi connectivity index (χ1) is 10.3. The summed E-state index contributed by atoms with van der Waals surface area (Å²) in [6.45, 7) is 1.05. The maximum atomic E-state index is 13.3. The number of halogens is 1. The van der Waals surface area contributed by atoms with E-state index in [0.29, 0.717) is 5.92 Å². The molecule has 0 aliphatic heterocycles. The third-order valence-electron chi connectivity index (χ3n) is 4.11. The lowest BCUT2D eigenvalue weighted by molar-refractivity contribution is 0.441. The third kappa shape index (κ3) is 4.94. The number of hydrogen-bond donors (Lipinski definition) is 1. The highest BCUT2D eigenvalue weighted by Crippen LogP contribution is 2.21. The number of aryl methyl sites for hydroxylation is 1. The van der Waals surface area contributed by atoms with E-state index in [4.69, 9.17) is 0 Å². The van der Waals surface area contributed by atoms with E-state index in [0.717, 1.165) is 37.4 Å². The van der Waals surface area contributed by atoms with Crippen LogP contribution in [0.3, 0.4) is 0 Å². The predicted octanol–water partition coefficient (Wildman–Crippen LogP) is 4.43. The van der Waals surface area contributed by atoms with E-state index in [9.17, 15) is 4.39 Å². The molecule has 1 nitrogen and oxygen atoms in total. The molecule has 1 atom stereocenters. The lowest BCUT2D eigenvalue weighted by Gasteiger charge is -2.17. The topological polar surface area (TPSA) is 12.0 Å². The van der Waals surface area contributed by atoms with Gasteiger partial charge in [-0.1, -0.05) is 12.1 Å². The minimum absolute atomic E-state index is 0.126. The molecule has 0 radical (unpaired) electrons. The Morgan fingerprint density at radius 2 is 2.14 bits per heavy atom. The SMILES string of the molecule is Fc1cccc(CC(CCc2ccsc2)CNC2CC2)c1. The predicted molar refractivity (Wildman–Crippen MR) is 87.3 cm³/mol. The van der Waals surface area contributed by atoms with Crippen molar-refractivity contribution in [1.82, 2.24) is 5.32 Å². The Morgan fingerprint density at radius 1 is 1.24 bits per heavy atom. The van der Waals surface area contributed by atoms with Gasteiger partial charge in [-0.25, -0.2) is 4.39 Å². The van der Waals surface area contributed by atoms with Crippen LogP contribution in [0, 0.1) is 11.7 Å². The highest BCUT2D eigenvalue weighted by atomic mass is 32.1. The minimum Gasteiger partial charge on any atom is -0.314 e. The van der Waals surface area contributed by atoms with Crippen LogP contribution in [0.25, 0.3) is 0 Å². The van der Waals surface area contributed by atoms with E-state index in [1.165, 1.54) is 24.5 Å². The van der Waals surface area contributed by atoms with Crippen molar-refractivity contribution in [3.63, 3.8) is 0 Å². The zero-order valence-corrected chi connectivity index (χ0v) is 13.0. The standard InChI is InChI=1S/C18H22FNS/c19-17-3-1-2-15(11-17)10-16(12-20-18-6-7-18)5-4-14-8-9-21-13-14/h1-3,8-9,11,13,16,18,20H,4-7,10,12H2. The molecule has 1 saturated carbocycles. The first-order valence-corrected chi connectivity index (χ1v) is 8.73. The molecule has 0 spiro atoms. The van der Waals surface area contributed by atoms with E-state index in [1.807, 2.05) is 12.1 Å². The van der Waals surface area contributed by atoms with Gasteiger partial charge in [0.2, 0.25) is 0 Å². The van der Waals surface area contributed by atoms with Crippen LogP contribution in [-0.4, -0.2) is 12.6 Å². The largest absolute Gasteiger partial charge is 0.314 e. The first kappa shape index (κ1) is 14.7. The summed E-state index contributed by atoms with van der Waals surface area (Å²) in [6.07, 6.45) is 5.87. The van der Waals surface area contributed by atoms with Crippen LogP contribution in [-0.2, 0) is 12.8 Å². The van der Waals surface area contributed by atoms with Crippen molar-refractivity contribution >= 4 is 11.3 Å². The molecule has 1 unspecified atom stereocenters. The number of rotatable bonds is 8. The van der Waals surface area contributed by atoms with Crippen molar-refractivity contribution in [2.75, 3.05) is 6.54 Å². The Kier molecular flexibility index (Phi) is 5.04. The van der Waals surface area contributed by atoms with Crippen LogP contribution < -0.4 is 5.32 Å². The summed E-state index contributed by atoms with van der Waals surface area (Å²) in [5.74, 6) is 0.450. The lowest BCUT2D eigenvalue weighted by Crippen LogP contribution is -2.26. The molecule has 1 aliphatic rings. The Balaban J connectivity index is 1.57. The van der Waals surface area contributed by atoms with Gasteiger partial charge >= 0.3 is 0 Å². The van der Waals surface area contributed by atoms with Gasteiger partial charge in [-0.05, 0) is 84.7 Å². The molecule has 21 heavy (non-hydrogen) atoms. The lowest BCUT2D eigenvalue weighted by atomic mass is 9.93. The van der Waals surface area contributed by atoms with Gasteiger partial charge < -0.3 is 5.32 Å². The molecule has 112 valence electrons. The molecule has 1 aromatic heterocycles. The summed E-state index contributed by atoms with van der Waals surface area (Å²) in [5, 5.41) is 8.00. The van der Waals surface area contributed by atoms with Crippen LogP contribution in [0.15, 0.2) is 41.1 Å². The molecule has 0 saturated heterocycles. The average Bonchev–Trinajstić information content (AvgIpc) is 3.16. The minimum atomic E-state index is -0.126. The van der Waals surface area contributed by atoms with E-state index in [2.05, 4.69) is 22.1 Å². The fraction of sp³-hybridized carbons (Fsp3) is 0.444. The summed E-state index contributed by atoms with van der Waals surface area (Å²) >= 11 is 1.76. The summed E-state index contributed by atoms with van der Waals surface area (Å²) in [4.78, 5) is 0. The third-order valence-corrected chi connectivity index (χ3v) is 4.84. The van der Waals surface area contributed by atoms with Crippen molar-refractivity contribution in [2.45, 2.75) is 38.1 Å². The fourth-order valence-corrected chi connectivity index (χ4v) is 3.40. The second-order valence-electron chi connectivity index (χ2n) is 6.05. The molecule has 3 heteroatoms. The number of thiophene rings is 1. The molecule has 2 aromatic rings. The van der Waals surface area contributed by atoms with Crippen molar-refractivity contribution in [2.24, 2.45) is 5.92 Å². The highest BCUT2D eigenvalue weighted by Gasteiger charge is 2.22. The second kappa shape index (κ2) is 7.19. The zero-order chi connectivity index (χ0) is 14.5. The smallest absolute Gasteiger partial charge is 0.123 e. The van der Waals surface area contributed by atoms with Gasteiger partial charge in [0.15, 0.2) is 0 Å². The van der Waals surface area contributed by atoms with Crippen LogP contribution in [0.1, 0.15) is 30.4 Å². The molecule has 1 aromatic carbocycles. The van der Waals surface area contributed by atoms with Gasteiger partial charge in [0, 0.05) is 6.04 Å². The van der Waals surface area contributed by atoms with Crippen LogP contribution >= 0.6 is 11.3 Å². The molecule has 0 amide bonds. The van der Waals surface area contributed by atoms with E-state index in [1.54, 1.807) is 17.4 Å². The Morgan fingerprint density at radius 3 is 2.86 bits per heavy atom. The molecular formula is C18H22FNS. The van der Waals surface area contributed by atoms with Gasteiger partial charge in [0.05, 0.1) is 0 Å². The molecule has 1 fully saturated rings. The molecule has 0 bridgehead atoms. The maximum absolute atomic E-state index is 13.3. The Labute approximate surface area is 130 Å². The number of nitrogens with one attached hydrogen (secondary N) is 1. The second-order valence-corrected chi connectivity index (χ2v) is 6.83. The summed E-state index contributed by atoms with van der Waals surface area (Å²) < 4.78 is 13.3. The molecule has 3 rings (SSSR count). The summed E-state index contributed by atoms with van der Waals surface area (Å²) in [5.41, 5.74) is 2.54. The van der Waals surface area contributed by atoms with Gasteiger partial charge in [-0.2, -0.15) is 11.3 Å². The van der Waals surface area contributed by atoms with Gasteiger partial charge in [0.25, 0.3) is 0 Å². The molecule has 1 N–H and O–H groups in total. The van der Waals surface area contributed by atoms with Gasteiger partial charge in [-0.15, -0.1) is 0 Å². The van der Waals surface area contributed by atoms with Gasteiger partial charge in [0.1, 0.15) is 5.82 Å². The van der Waals surface area contributed by atoms with E-state index in [-0.39, 0.29) is 5.82 Å². The summed E-state index contributed by atoms with van der Waals surface area (Å²) in [7, 11) is 0. The van der Waals surface area contributed by atoms with Crippen molar-refractivity contribution in [3.8, 4) is 0 Å². The maximum Gasteiger partial charge on any atom is 0.123 e. The normalized spacial score (nSPS) is 16.0. The monoisotopic (exact) mass is 303 g/mol. The average molecular weight is 303 g/mol. The molecule has 1 aliphatic carbocycles. The first-order valence-electron chi connectivity index (χ1n) is 7.78. The van der Waals surface area contributed by atoms with Crippen LogP contribution in [0.2, 0.25) is 0 Å². The van der Waals surface area contributed by atoms with Crippen molar-refractivity contribution in [3.05, 3.63) is 58.0 Å². The number of benzene rings is 1. The number of hydrogen-bond acceptors (Lipinski definition) is 2. The van der Waals surface area contributed by atoms with E-state index < -0.39 is 0 Å². The van der Waals surface area contributed by atoms with Crippen molar-refractivity contribution in [1.29, 1.82) is 0 Å². The van der Waals surface area contributed by atoms with Crippen LogP contribution in [0.4, 0.5) is 4.39 Å². The molecular weight excluding hydrogens is 281 g/mol. The van der Waals surface area contributed by atoms with Crippen molar-refractivity contribution < 1.29 is 4.39 Å². The summed E-state index contributed by atoms with van der Waals surface area (Å²) in [6, 6.07) is 9.99. The Bertz CT molecular complexity index is 548. The molecule has 1 heterocycles.